The van der Waals surface area contributed by atoms with Gasteiger partial charge in [0.15, 0.2) is 5.82 Å². The molecule has 0 aliphatic heterocycles. The van der Waals surface area contributed by atoms with Crippen molar-refractivity contribution in [3.8, 4) is 11.5 Å². The molecule has 2 N–H and O–H groups in total. The second kappa shape index (κ2) is 3.59. The van der Waals surface area contributed by atoms with Crippen LogP contribution in [0, 0.1) is 0 Å². The van der Waals surface area contributed by atoms with Gasteiger partial charge in [-0.05, 0) is 19.1 Å². The fourth-order valence-electron chi connectivity index (χ4n) is 1.12. The number of nitrogens with two attached hydrogens (primary N) is 1. The quantitative estimate of drug-likeness (QED) is 0.781. The molecule has 4 heteroatoms. The van der Waals surface area contributed by atoms with Crippen LogP contribution in [-0.2, 0) is 0 Å². The van der Waals surface area contributed by atoms with E-state index in [9.17, 15) is 0 Å². The zero-order valence-electron chi connectivity index (χ0n) is 7.84. The van der Waals surface area contributed by atoms with Crippen LogP contribution in [0.15, 0.2) is 34.9 Å². The minimum absolute atomic E-state index is 0.198. The van der Waals surface area contributed by atoms with E-state index in [2.05, 4.69) is 10.1 Å². The number of hydrogen-bond acceptors (Lipinski definition) is 4. The molecule has 2 rings (SSSR count). The highest BCUT2D eigenvalue weighted by Crippen LogP contribution is 2.17. The predicted octanol–water partition coefficient (Wildman–Crippen LogP) is 1.76. The highest BCUT2D eigenvalue weighted by atomic mass is 16.5. The van der Waals surface area contributed by atoms with E-state index in [1.165, 1.54) is 0 Å². The molecular weight excluding hydrogens is 178 g/mol. The van der Waals surface area contributed by atoms with Crippen LogP contribution >= 0.6 is 0 Å². The van der Waals surface area contributed by atoms with Crippen molar-refractivity contribution in [2.24, 2.45) is 5.73 Å². The van der Waals surface area contributed by atoms with Crippen LogP contribution in [-0.4, -0.2) is 10.1 Å². The summed E-state index contributed by atoms with van der Waals surface area (Å²) in [5.74, 6) is 1.04. The Morgan fingerprint density at radius 1 is 1.29 bits per heavy atom. The largest absolute Gasteiger partial charge is 0.334 e. The summed E-state index contributed by atoms with van der Waals surface area (Å²) in [5, 5.41) is 3.78. The summed E-state index contributed by atoms with van der Waals surface area (Å²) in [7, 11) is 0. The van der Waals surface area contributed by atoms with Gasteiger partial charge in [-0.3, -0.25) is 0 Å². The van der Waals surface area contributed by atoms with Crippen LogP contribution in [0.1, 0.15) is 18.8 Å². The van der Waals surface area contributed by atoms with Gasteiger partial charge < -0.3 is 10.3 Å². The van der Waals surface area contributed by atoms with Gasteiger partial charge in [-0.1, -0.05) is 23.4 Å². The molecule has 1 aromatic heterocycles. The minimum Gasteiger partial charge on any atom is -0.334 e. The molecule has 0 aliphatic carbocycles. The summed E-state index contributed by atoms with van der Waals surface area (Å²) in [4.78, 5) is 4.18. The standard InChI is InChI=1S/C10H11N3O/c1-7(11)9-12-10(14-13-9)8-5-3-2-4-6-8/h2-7H,11H2,1H3/t7-/m1/s1. The average Bonchev–Trinajstić information content (AvgIpc) is 2.68. The van der Waals surface area contributed by atoms with Crippen molar-refractivity contribution in [2.45, 2.75) is 13.0 Å². The highest BCUT2D eigenvalue weighted by molar-refractivity contribution is 5.51. The van der Waals surface area contributed by atoms with Crippen LogP contribution in [0.3, 0.4) is 0 Å². The third kappa shape index (κ3) is 1.65. The van der Waals surface area contributed by atoms with Gasteiger partial charge in [0.1, 0.15) is 0 Å². The maximum atomic E-state index is 5.62. The average molecular weight is 189 g/mol. The molecule has 0 aliphatic rings. The van der Waals surface area contributed by atoms with Crippen molar-refractivity contribution in [1.29, 1.82) is 0 Å². The first-order valence-corrected chi connectivity index (χ1v) is 4.42. The Hall–Kier alpha value is -1.68. The van der Waals surface area contributed by atoms with Crippen LogP contribution in [0.2, 0.25) is 0 Å². The molecule has 1 atom stereocenters. The van der Waals surface area contributed by atoms with E-state index >= 15 is 0 Å². The number of nitrogens with zero attached hydrogens (tertiary/aromatic N) is 2. The lowest BCUT2D eigenvalue weighted by atomic mass is 10.2. The maximum Gasteiger partial charge on any atom is 0.257 e. The fraction of sp³-hybridized carbons (Fsp3) is 0.200. The lowest BCUT2D eigenvalue weighted by Gasteiger charge is -1.93. The number of hydrogen-bond donors (Lipinski definition) is 1. The Morgan fingerprint density at radius 3 is 2.57 bits per heavy atom. The van der Waals surface area contributed by atoms with E-state index in [4.69, 9.17) is 10.3 Å². The zero-order chi connectivity index (χ0) is 9.97. The van der Waals surface area contributed by atoms with Crippen LogP contribution in [0.4, 0.5) is 0 Å². The van der Waals surface area contributed by atoms with Crippen LogP contribution < -0.4 is 5.73 Å². The molecule has 0 saturated carbocycles. The van der Waals surface area contributed by atoms with Gasteiger partial charge in [-0.15, -0.1) is 0 Å². The van der Waals surface area contributed by atoms with Crippen molar-refractivity contribution < 1.29 is 4.52 Å². The second-order valence-corrected chi connectivity index (χ2v) is 3.11. The van der Waals surface area contributed by atoms with E-state index in [0.29, 0.717) is 11.7 Å². The molecule has 72 valence electrons. The third-order valence-corrected chi connectivity index (χ3v) is 1.87. The third-order valence-electron chi connectivity index (χ3n) is 1.87. The van der Waals surface area contributed by atoms with E-state index in [1.807, 2.05) is 37.3 Å². The van der Waals surface area contributed by atoms with Crippen molar-refractivity contribution in [1.82, 2.24) is 10.1 Å². The van der Waals surface area contributed by atoms with E-state index < -0.39 is 0 Å². The minimum atomic E-state index is -0.198. The lowest BCUT2D eigenvalue weighted by Crippen LogP contribution is -2.06. The maximum absolute atomic E-state index is 5.62. The molecule has 2 aromatic rings. The molecule has 1 heterocycles. The highest BCUT2D eigenvalue weighted by Gasteiger charge is 2.10. The van der Waals surface area contributed by atoms with E-state index in [0.717, 1.165) is 5.56 Å². The summed E-state index contributed by atoms with van der Waals surface area (Å²) >= 11 is 0. The molecule has 0 spiro atoms. The van der Waals surface area contributed by atoms with Gasteiger partial charge in [0.05, 0.1) is 6.04 Å². The van der Waals surface area contributed by atoms with Gasteiger partial charge in [-0.25, -0.2) is 0 Å². The fourth-order valence-corrected chi connectivity index (χ4v) is 1.12. The number of rotatable bonds is 2. The lowest BCUT2D eigenvalue weighted by molar-refractivity contribution is 0.418. The zero-order valence-corrected chi connectivity index (χ0v) is 7.84. The Bertz CT molecular complexity index is 408. The normalized spacial score (nSPS) is 12.7. The van der Waals surface area contributed by atoms with Crippen molar-refractivity contribution in [2.75, 3.05) is 0 Å². The smallest absolute Gasteiger partial charge is 0.257 e. The SMILES string of the molecule is C[C@@H](N)c1noc(-c2ccccc2)n1. The Morgan fingerprint density at radius 2 is 2.00 bits per heavy atom. The predicted molar refractivity (Wildman–Crippen MR) is 52.3 cm³/mol. The van der Waals surface area contributed by atoms with Gasteiger partial charge >= 0.3 is 0 Å². The van der Waals surface area contributed by atoms with Crippen LogP contribution in [0.5, 0.6) is 0 Å². The van der Waals surface area contributed by atoms with Gasteiger partial charge in [0.2, 0.25) is 0 Å². The Labute approximate surface area is 81.7 Å². The van der Waals surface area contributed by atoms with E-state index in [-0.39, 0.29) is 6.04 Å². The van der Waals surface area contributed by atoms with Gasteiger partial charge in [-0.2, -0.15) is 4.98 Å². The molecule has 0 saturated heterocycles. The molecule has 14 heavy (non-hydrogen) atoms. The first-order valence-electron chi connectivity index (χ1n) is 4.42. The summed E-state index contributed by atoms with van der Waals surface area (Å²) in [6, 6.07) is 9.41. The first kappa shape index (κ1) is 8.90. The molecular formula is C10H11N3O. The molecule has 0 amide bonds. The summed E-state index contributed by atoms with van der Waals surface area (Å²) in [6.45, 7) is 1.82. The topological polar surface area (TPSA) is 64.9 Å². The monoisotopic (exact) mass is 189 g/mol. The number of aromatic nitrogens is 2. The molecule has 1 aromatic carbocycles. The molecule has 4 nitrogen and oxygen atoms in total. The van der Waals surface area contributed by atoms with Crippen molar-refractivity contribution in [3.63, 3.8) is 0 Å². The summed E-state index contributed by atoms with van der Waals surface area (Å²) in [6.07, 6.45) is 0. The molecule has 0 unspecified atom stereocenters. The van der Waals surface area contributed by atoms with Crippen LogP contribution in [0.25, 0.3) is 11.5 Å². The molecule has 0 fully saturated rings. The van der Waals surface area contributed by atoms with Crippen molar-refractivity contribution >= 4 is 0 Å². The Kier molecular flexibility index (Phi) is 2.28. The first-order chi connectivity index (χ1) is 6.77. The molecule has 0 bridgehead atoms. The van der Waals surface area contributed by atoms with Gasteiger partial charge in [0, 0.05) is 5.56 Å². The van der Waals surface area contributed by atoms with Gasteiger partial charge in [0.25, 0.3) is 5.89 Å². The van der Waals surface area contributed by atoms with E-state index in [1.54, 1.807) is 0 Å². The summed E-state index contributed by atoms with van der Waals surface area (Å²) in [5.41, 5.74) is 6.53. The molecule has 0 radical (unpaired) electrons. The van der Waals surface area contributed by atoms with Crippen molar-refractivity contribution in [3.05, 3.63) is 36.2 Å². The Balaban J connectivity index is 2.34. The second-order valence-electron chi connectivity index (χ2n) is 3.11. The number of benzene rings is 1. The summed E-state index contributed by atoms with van der Waals surface area (Å²) < 4.78 is 5.07.